The van der Waals surface area contributed by atoms with E-state index in [0.717, 1.165) is 33.8 Å². The first-order valence-electron chi connectivity index (χ1n) is 11.0. The molecule has 0 spiro atoms. The molecule has 3 nitrogen and oxygen atoms in total. The number of carbonyl (C=O) groups is 1. The summed E-state index contributed by atoms with van der Waals surface area (Å²) in [6.07, 6.45) is 0. The molecule has 34 heavy (non-hydrogen) atoms. The summed E-state index contributed by atoms with van der Waals surface area (Å²) in [7, 11) is 0. The van der Waals surface area contributed by atoms with Gasteiger partial charge >= 0.3 is 0 Å². The van der Waals surface area contributed by atoms with Crippen LogP contribution in [-0.2, 0) is 0 Å². The second-order valence-electron chi connectivity index (χ2n) is 8.19. The Hall–Kier alpha value is -4.37. The van der Waals surface area contributed by atoms with E-state index in [0.29, 0.717) is 22.6 Å². The average Bonchev–Trinajstić information content (AvgIpc) is 2.85. The van der Waals surface area contributed by atoms with Gasteiger partial charge in [0, 0.05) is 11.1 Å². The summed E-state index contributed by atoms with van der Waals surface area (Å²) in [6.45, 7) is 11.8. The van der Waals surface area contributed by atoms with Crippen molar-refractivity contribution < 1.29 is 14.3 Å². The number of ketones is 1. The van der Waals surface area contributed by atoms with Crippen LogP contribution in [0.15, 0.2) is 110 Å². The number of rotatable bonds is 8. The van der Waals surface area contributed by atoms with Gasteiger partial charge in [0.2, 0.25) is 0 Å². The Bertz CT molecular complexity index is 1210. The molecule has 0 heterocycles. The number of hydrogen-bond acceptors (Lipinski definition) is 3. The maximum atomic E-state index is 12.9. The molecule has 4 aromatic rings. The Kier molecular flexibility index (Phi) is 6.74. The third-order valence-electron chi connectivity index (χ3n) is 5.40. The Labute approximate surface area is 200 Å². The standard InChI is InChI=1S/C31H26O3/c1-21(2)23-5-13-27(14-6-23)33-29-17-9-25(10-18-29)31(32)26-11-19-30(20-12-26)34-28-15-7-24(8-16-28)22(3)4/h5-20H,1,3H2,2,4H3. The zero-order valence-electron chi connectivity index (χ0n) is 19.4. The van der Waals surface area contributed by atoms with E-state index in [1.807, 2.05) is 62.4 Å². The molecule has 0 unspecified atom stereocenters. The van der Waals surface area contributed by atoms with E-state index < -0.39 is 0 Å². The fourth-order valence-corrected chi connectivity index (χ4v) is 3.40. The second-order valence-corrected chi connectivity index (χ2v) is 8.19. The summed E-state index contributed by atoms with van der Waals surface area (Å²) < 4.78 is 11.8. The molecule has 0 atom stereocenters. The molecule has 0 aliphatic rings. The van der Waals surface area contributed by atoms with Gasteiger partial charge in [-0.3, -0.25) is 4.79 Å². The summed E-state index contributed by atoms with van der Waals surface area (Å²) in [5.41, 5.74) is 5.34. The maximum absolute atomic E-state index is 12.9. The third-order valence-corrected chi connectivity index (χ3v) is 5.40. The number of benzene rings is 4. The molecule has 0 bridgehead atoms. The van der Waals surface area contributed by atoms with Gasteiger partial charge in [0.1, 0.15) is 23.0 Å². The molecule has 0 aliphatic carbocycles. The first kappa shape index (κ1) is 22.8. The van der Waals surface area contributed by atoms with Gasteiger partial charge in [0.15, 0.2) is 5.78 Å². The Morgan fingerprint density at radius 1 is 0.471 bits per heavy atom. The first-order valence-corrected chi connectivity index (χ1v) is 11.0. The lowest BCUT2D eigenvalue weighted by molar-refractivity contribution is 0.103. The van der Waals surface area contributed by atoms with Gasteiger partial charge in [0.05, 0.1) is 0 Å². The maximum Gasteiger partial charge on any atom is 0.193 e. The van der Waals surface area contributed by atoms with E-state index in [4.69, 9.17) is 9.47 Å². The van der Waals surface area contributed by atoms with Gasteiger partial charge in [-0.2, -0.15) is 0 Å². The number of hydrogen-bond donors (Lipinski definition) is 0. The molecule has 0 saturated heterocycles. The molecule has 4 aromatic carbocycles. The third kappa shape index (κ3) is 5.51. The quantitative estimate of drug-likeness (QED) is 0.254. The summed E-state index contributed by atoms with van der Waals surface area (Å²) in [4.78, 5) is 12.9. The number of carbonyl (C=O) groups excluding carboxylic acids is 1. The van der Waals surface area contributed by atoms with Crippen LogP contribution in [0.1, 0.15) is 40.9 Å². The summed E-state index contributed by atoms with van der Waals surface area (Å²) in [5, 5.41) is 0. The molecular weight excluding hydrogens is 420 g/mol. The molecule has 0 radical (unpaired) electrons. The van der Waals surface area contributed by atoms with E-state index in [1.165, 1.54) is 0 Å². The molecule has 0 aliphatic heterocycles. The highest BCUT2D eigenvalue weighted by Gasteiger charge is 2.10. The van der Waals surface area contributed by atoms with Crippen LogP contribution in [-0.4, -0.2) is 5.78 Å². The smallest absolute Gasteiger partial charge is 0.193 e. The molecule has 168 valence electrons. The highest BCUT2D eigenvalue weighted by molar-refractivity contribution is 6.09. The lowest BCUT2D eigenvalue weighted by Crippen LogP contribution is -2.01. The van der Waals surface area contributed by atoms with Gasteiger partial charge in [-0.25, -0.2) is 0 Å². The highest BCUT2D eigenvalue weighted by Crippen LogP contribution is 2.26. The Morgan fingerprint density at radius 3 is 0.941 bits per heavy atom. The van der Waals surface area contributed by atoms with E-state index in [2.05, 4.69) is 13.2 Å². The normalized spacial score (nSPS) is 10.4. The van der Waals surface area contributed by atoms with Crippen molar-refractivity contribution >= 4 is 16.9 Å². The largest absolute Gasteiger partial charge is 0.457 e. The number of ether oxygens (including phenoxy) is 2. The zero-order valence-corrected chi connectivity index (χ0v) is 19.4. The van der Waals surface area contributed by atoms with E-state index in [9.17, 15) is 4.79 Å². The molecule has 0 aromatic heterocycles. The summed E-state index contributed by atoms with van der Waals surface area (Å²) >= 11 is 0. The van der Waals surface area contributed by atoms with Crippen LogP contribution >= 0.6 is 0 Å². The van der Waals surface area contributed by atoms with Crippen molar-refractivity contribution in [2.24, 2.45) is 0 Å². The lowest BCUT2D eigenvalue weighted by Gasteiger charge is -2.09. The second kappa shape index (κ2) is 10.1. The van der Waals surface area contributed by atoms with Gasteiger partial charge in [0.25, 0.3) is 0 Å². The molecule has 0 saturated carbocycles. The fraction of sp³-hybridized carbons (Fsp3) is 0.0645. The molecule has 0 N–H and O–H groups in total. The van der Waals surface area contributed by atoms with Crippen molar-refractivity contribution in [3.63, 3.8) is 0 Å². The zero-order chi connectivity index (χ0) is 24.1. The molecule has 3 heteroatoms. The van der Waals surface area contributed by atoms with Crippen LogP contribution in [0.2, 0.25) is 0 Å². The summed E-state index contributed by atoms with van der Waals surface area (Å²) in [5.74, 6) is 2.74. The molecule has 4 rings (SSSR count). The van der Waals surface area contributed by atoms with E-state index >= 15 is 0 Å². The van der Waals surface area contributed by atoms with E-state index in [1.54, 1.807) is 48.5 Å². The minimum absolute atomic E-state index is 0.0604. The molecule has 0 fully saturated rings. The van der Waals surface area contributed by atoms with Gasteiger partial charge in [-0.1, -0.05) is 48.6 Å². The minimum atomic E-state index is -0.0604. The van der Waals surface area contributed by atoms with Crippen LogP contribution in [0.4, 0.5) is 0 Å². The monoisotopic (exact) mass is 446 g/mol. The minimum Gasteiger partial charge on any atom is -0.457 e. The van der Waals surface area contributed by atoms with Crippen LogP contribution in [0.5, 0.6) is 23.0 Å². The van der Waals surface area contributed by atoms with Crippen molar-refractivity contribution in [3.05, 3.63) is 132 Å². The van der Waals surface area contributed by atoms with Crippen LogP contribution in [0, 0.1) is 0 Å². The van der Waals surface area contributed by atoms with E-state index in [-0.39, 0.29) is 5.78 Å². The fourth-order valence-electron chi connectivity index (χ4n) is 3.40. The van der Waals surface area contributed by atoms with Crippen molar-refractivity contribution in [3.8, 4) is 23.0 Å². The van der Waals surface area contributed by atoms with Crippen molar-refractivity contribution in [1.82, 2.24) is 0 Å². The van der Waals surface area contributed by atoms with Crippen LogP contribution in [0.25, 0.3) is 11.1 Å². The first-order chi connectivity index (χ1) is 16.4. The summed E-state index contributed by atoms with van der Waals surface area (Å²) in [6, 6.07) is 29.8. The molecular formula is C31H26O3. The Morgan fingerprint density at radius 2 is 0.706 bits per heavy atom. The predicted molar refractivity (Wildman–Crippen MR) is 139 cm³/mol. The van der Waals surface area contributed by atoms with Gasteiger partial charge in [-0.15, -0.1) is 0 Å². The van der Waals surface area contributed by atoms with Crippen LogP contribution in [0.3, 0.4) is 0 Å². The predicted octanol–water partition coefficient (Wildman–Crippen LogP) is 8.57. The molecule has 0 amide bonds. The number of allylic oxidation sites excluding steroid dienone is 2. The van der Waals surface area contributed by atoms with Gasteiger partial charge in [-0.05, 0) is 97.8 Å². The van der Waals surface area contributed by atoms with Crippen LogP contribution < -0.4 is 9.47 Å². The topological polar surface area (TPSA) is 35.5 Å². The van der Waals surface area contributed by atoms with Crippen molar-refractivity contribution in [2.75, 3.05) is 0 Å². The van der Waals surface area contributed by atoms with Crippen molar-refractivity contribution in [1.29, 1.82) is 0 Å². The lowest BCUT2D eigenvalue weighted by atomic mass is 10.0. The highest BCUT2D eigenvalue weighted by atomic mass is 16.5. The van der Waals surface area contributed by atoms with Crippen molar-refractivity contribution in [2.45, 2.75) is 13.8 Å². The Balaban J connectivity index is 1.39. The average molecular weight is 447 g/mol. The SMILES string of the molecule is C=C(C)c1ccc(Oc2ccc(C(=O)c3ccc(Oc4ccc(C(=C)C)cc4)cc3)cc2)cc1. The van der Waals surface area contributed by atoms with Gasteiger partial charge < -0.3 is 9.47 Å².